The molecule has 0 radical (unpaired) electrons. The van der Waals surface area contributed by atoms with Gasteiger partial charge in [0.1, 0.15) is 6.10 Å². The molecule has 0 aromatic heterocycles. The zero-order chi connectivity index (χ0) is 12.5. The molecule has 2 aliphatic heterocycles. The first-order chi connectivity index (χ1) is 7.99. The molecule has 0 aromatic carbocycles. The van der Waals surface area contributed by atoms with Crippen LogP contribution in [0.5, 0.6) is 0 Å². The highest BCUT2D eigenvalue weighted by atomic mass is 16.7. The molecule has 0 saturated carbocycles. The molecule has 2 saturated heterocycles. The summed E-state index contributed by atoms with van der Waals surface area (Å²) in [6.07, 6.45) is 1.41. The van der Waals surface area contributed by atoms with Crippen molar-refractivity contribution in [3.05, 3.63) is 0 Å². The molecular weight excluding hydrogens is 222 g/mol. The third-order valence-electron chi connectivity index (χ3n) is 3.20. The fourth-order valence-electron chi connectivity index (χ4n) is 2.74. The minimum Gasteiger partial charge on any atom is -0.458 e. The molecule has 1 spiro atoms. The molecule has 98 valence electrons. The number of carbonyl (C=O) groups excluding carboxylic acids is 1. The SMILES string of the molecule is CC(=O)OC1COC2(CC(C)NC(C)C2)OC1. The maximum atomic E-state index is 10.8. The number of nitrogens with one attached hydrogen (secondary N) is 1. The van der Waals surface area contributed by atoms with E-state index in [9.17, 15) is 4.79 Å². The van der Waals surface area contributed by atoms with Crippen molar-refractivity contribution < 1.29 is 19.0 Å². The van der Waals surface area contributed by atoms with Gasteiger partial charge in [0.15, 0.2) is 5.79 Å². The van der Waals surface area contributed by atoms with Crippen molar-refractivity contribution in [3.63, 3.8) is 0 Å². The molecule has 0 aliphatic carbocycles. The second-order valence-electron chi connectivity index (χ2n) is 5.14. The van der Waals surface area contributed by atoms with Crippen LogP contribution in [-0.4, -0.2) is 43.2 Å². The molecule has 2 heterocycles. The summed E-state index contributed by atoms with van der Waals surface area (Å²) in [7, 11) is 0. The Bertz CT molecular complexity index is 274. The average Bonchev–Trinajstić information content (AvgIpc) is 2.19. The highest BCUT2D eigenvalue weighted by molar-refractivity contribution is 5.66. The number of piperidine rings is 1. The highest BCUT2D eigenvalue weighted by Gasteiger charge is 2.43. The number of hydrogen-bond acceptors (Lipinski definition) is 5. The van der Waals surface area contributed by atoms with Crippen molar-refractivity contribution in [2.24, 2.45) is 0 Å². The minimum atomic E-state index is -0.485. The predicted molar refractivity (Wildman–Crippen MR) is 61.5 cm³/mol. The van der Waals surface area contributed by atoms with Crippen LogP contribution >= 0.6 is 0 Å². The second-order valence-corrected chi connectivity index (χ2v) is 5.14. The molecule has 2 atom stereocenters. The lowest BCUT2D eigenvalue weighted by molar-refractivity contribution is -0.309. The first-order valence-corrected chi connectivity index (χ1v) is 6.20. The van der Waals surface area contributed by atoms with Crippen LogP contribution < -0.4 is 5.32 Å². The Morgan fingerprint density at radius 2 is 1.76 bits per heavy atom. The van der Waals surface area contributed by atoms with E-state index in [4.69, 9.17) is 14.2 Å². The van der Waals surface area contributed by atoms with Gasteiger partial charge in [-0.15, -0.1) is 0 Å². The van der Waals surface area contributed by atoms with Gasteiger partial charge in [0.25, 0.3) is 0 Å². The van der Waals surface area contributed by atoms with Crippen molar-refractivity contribution in [2.75, 3.05) is 13.2 Å². The Hall–Kier alpha value is -0.650. The fraction of sp³-hybridized carbons (Fsp3) is 0.917. The molecular formula is C12H21NO4. The monoisotopic (exact) mass is 243 g/mol. The summed E-state index contributed by atoms with van der Waals surface area (Å²) >= 11 is 0. The van der Waals surface area contributed by atoms with E-state index in [1.54, 1.807) is 0 Å². The normalized spacial score (nSPS) is 42.4. The predicted octanol–water partition coefficient (Wildman–Crippen LogP) is 0.822. The summed E-state index contributed by atoms with van der Waals surface area (Å²) in [6.45, 7) is 6.52. The number of carbonyl (C=O) groups is 1. The van der Waals surface area contributed by atoms with Gasteiger partial charge in [-0.25, -0.2) is 0 Å². The van der Waals surface area contributed by atoms with Crippen LogP contribution in [0.25, 0.3) is 0 Å². The number of rotatable bonds is 1. The van der Waals surface area contributed by atoms with Crippen LogP contribution in [0, 0.1) is 0 Å². The summed E-state index contributed by atoms with van der Waals surface area (Å²) in [4.78, 5) is 10.8. The summed E-state index contributed by atoms with van der Waals surface area (Å²) in [5.41, 5.74) is 0. The van der Waals surface area contributed by atoms with E-state index in [1.807, 2.05) is 0 Å². The molecule has 2 unspecified atom stereocenters. The third-order valence-corrected chi connectivity index (χ3v) is 3.20. The summed E-state index contributed by atoms with van der Waals surface area (Å²) < 4.78 is 16.7. The van der Waals surface area contributed by atoms with Crippen LogP contribution in [0.15, 0.2) is 0 Å². The summed E-state index contributed by atoms with van der Waals surface area (Å²) in [6, 6.07) is 0.757. The van der Waals surface area contributed by atoms with E-state index < -0.39 is 5.79 Å². The summed E-state index contributed by atoms with van der Waals surface area (Å²) in [5.74, 6) is -0.772. The van der Waals surface area contributed by atoms with Crippen molar-refractivity contribution in [2.45, 2.75) is 57.6 Å². The molecule has 5 heteroatoms. The van der Waals surface area contributed by atoms with E-state index in [1.165, 1.54) is 6.92 Å². The second kappa shape index (κ2) is 4.92. The van der Waals surface area contributed by atoms with E-state index in [0.29, 0.717) is 25.3 Å². The van der Waals surface area contributed by atoms with Crippen LogP contribution in [0.2, 0.25) is 0 Å². The Labute approximate surface area is 102 Å². The molecule has 0 aromatic rings. The third kappa shape index (κ3) is 3.18. The van der Waals surface area contributed by atoms with Gasteiger partial charge in [-0.1, -0.05) is 0 Å². The van der Waals surface area contributed by atoms with Gasteiger partial charge in [0, 0.05) is 31.8 Å². The van der Waals surface area contributed by atoms with Crippen LogP contribution in [0.3, 0.4) is 0 Å². The Kier molecular flexibility index (Phi) is 3.70. The van der Waals surface area contributed by atoms with Gasteiger partial charge in [0.05, 0.1) is 13.2 Å². The topological polar surface area (TPSA) is 56.8 Å². The number of ether oxygens (including phenoxy) is 3. The van der Waals surface area contributed by atoms with Crippen molar-refractivity contribution in [1.29, 1.82) is 0 Å². The summed E-state index contributed by atoms with van der Waals surface area (Å²) in [5, 5.41) is 3.45. The lowest BCUT2D eigenvalue weighted by Gasteiger charge is -2.46. The molecule has 0 bridgehead atoms. The smallest absolute Gasteiger partial charge is 0.303 e. The van der Waals surface area contributed by atoms with E-state index in [-0.39, 0.29) is 12.1 Å². The molecule has 5 nitrogen and oxygen atoms in total. The minimum absolute atomic E-state index is 0.265. The molecule has 2 aliphatic rings. The maximum Gasteiger partial charge on any atom is 0.303 e. The Morgan fingerprint density at radius 3 is 2.24 bits per heavy atom. The van der Waals surface area contributed by atoms with Gasteiger partial charge < -0.3 is 19.5 Å². The first kappa shape index (κ1) is 12.8. The Balaban J connectivity index is 1.90. The number of esters is 1. The first-order valence-electron chi connectivity index (χ1n) is 6.20. The molecule has 0 amide bonds. The largest absolute Gasteiger partial charge is 0.458 e. The van der Waals surface area contributed by atoms with E-state index >= 15 is 0 Å². The molecule has 1 N–H and O–H groups in total. The number of hydrogen-bond donors (Lipinski definition) is 1. The van der Waals surface area contributed by atoms with Gasteiger partial charge in [0.2, 0.25) is 0 Å². The zero-order valence-electron chi connectivity index (χ0n) is 10.7. The van der Waals surface area contributed by atoms with E-state index in [0.717, 1.165) is 12.8 Å². The van der Waals surface area contributed by atoms with Crippen molar-refractivity contribution in [1.82, 2.24) is 5.32 Å². The van der Waals surface area contributed by atoms with Gasteiger partial charge in [-0.05, 0) is 13.8 Å². The van der Waals surface area contributed by atoms with Crippen LogP contribution in [0.4, 0.5) is 0 Å². The van der Waals surface area contributed by atoms with Gasteiger partial charge >= 0.3 is 5.97 Å². The highest BCUT2D eigenvalue weighted by Crippen LogP contribution is 2.33. The lowest BCUT2D eigenvalue weighted by Crippen LogP contribution is -2.57. The van der Waals surface area contributed by atoms with Crippen molar-refractivity contribution in [3.8, 4) is 0 Å². The van der Waals surface area contributed by atoms with Gasteiger partial charge in [-0.2, -0.15) is 0 Å². The average molecular weight is 243 g/mol. The quantitative estimate of drug-likeness (QED) is 0.691. The van der Waals surface area contributed by atoms with Crippen LogP contribution in [0.1, 0.15) is 33.6 Å². The zero-order valence-corrected chi connectivity index (χ0v) is 10.7. The fourth-order valence-corrected chi connectivity index (χ4v) is 2.74. The Morgan fingerprint density at radius 1 is 1.24 bits per heavy atom. The lowest BCUT2D eigenvalue weighted by atomic mass is 9.93. The maximum absolute atomic E-state index is 10.8. The van der Waals surface area contributed by atoms with Crippen LogP contribution in [-0.2, 0) is 19.0 Å². The molecule has 2 rings (SSSR count). The molecule has 2 fully saturated rings. The molecule has 17 heavy (non-hydrogen) atoms. The van der Waals surface area contributed by atoms with Gasteiger partial charge in [-0.3, -0.25) is 4.79 Å². The standard InChI is InChI=1S/C12H21NO4/c1-8-4-12(5-9(2)13-8)15-6-11(7-16-12)17-10(3)14/h8-9,11,13H,4-7H2,1-3H3. The van der Waals surface area contributed by atoms with Crippen molar-refractivity contribution >= 4 is 5.97 Å². The van der Waals surface area contributed by atoms with E-state index in [2.05, 4.69) is 19.2 Å².